The summed E-state index contributed by atoms with van der Waals surface area (Å²) in [6, 6.07) is 7.60. The summed E-state index contributed by atoms with van der Waals surface area (Å²) in [5.41, 5.74) is 1.07. The number of H-pyrrole nitrogens is 1. The number of sulfone groups is 1. The topological polar surface area (TPSA) is 109 Å². The molecule has 1 aliphatic heterocycles. The van der Waals surface area contributed by atoms with Gasteiger partial charge in [0.05, 0.1) is 23.8 Å². The zero-order valence-electron chi connectivity index (χ0n) is 10.8. The van der Waals surface area contributed by atoms with Crippen LogP contribution in [0.3, 0.4) is 0 Å². The van der Waals surface area contributed by atoms with Crippen molar-refractivity contribution in [1.82, 2.24) is 10.2 Å². The van der Waals surface area contributed by atoms with Crippen molar-refractivity contribution in [1.29, 1.82) is 0 Å². The molecule has 2 heterocycles. The SMILES string of the molecule is O=C(O)c1cc(-c2ccc(S(=O)(=O)C3COC3)cc2)n[nH]1. The van der Waals surface area contributed by atoms with E-state index in [1.54, 1.807) is 12.1 Å². The summed E-state index contributed by atoms with van der Waals surface area (Å²) in [5.74, 6) is -1.10. The molecule has 0 aliphatic carbocycles. The lowest BCUT2D eigenvalue weighted by Crippen LogP contribution is -2.40. The maximum absolute atomic E-state index is 12.2. The zero-order valence-corrected chi connectivity index (χ0v) is 11.6. The highest BCUT2D eigenvalue weighted by atomic mass is 32.2. The first-order valence-corrected chi connectivity index (χ1v) is 7.74. The third-order valence-electron chi connectivity index (χ3n) is 3.33. The van der Waals surface area contributed by atoms with Crippen LogP contribution in [0.5, 0.6) is 0 Å². The van der Waals surface area contributed by atoms with Crippen LogP contribution < -0.4 is 0 Å². The number of aromatic carboxylic acids is 1. The number of carbonyl (C=O) groups is 1. The smallest absolute Gasteiger partial charge is 0.353 e. The van der Waals surface area contributed by atoms with Gasteiger partial charge in [-0.15, -0.1) is 0 Å². The van der Waals surface area contributed by atoms with Crippen LogP contribution in [0.4, 0.5) is 0 Å². The lowest BCUT2D eigenvalue weighted by Gasteiger charge is -2.25. The van der Waals surface area contributed by atoms with Gasteiger partial charge in [-0.1, -0.05) is 12.1 Å². The summed E-state index contributed by atoms with van der Waals surface area (Å²) in [4.78, 5) is 11.0. The highest BCUT2D eigenvalue weighted by Gasteiger charge is 2.33. The minimum atomic E-state index is -3.36. The standard InChI is InChI=1S/C13H12N2O5S/c16-13(17)12-5-11(14-15-12)8-1-3-9(4-2-8)21(18,19)10-6-20-7-10/h1-5,10H,6-7H2,(H,14,15)(H,16,17). The predicted molar refractivity (Wildman–Crippen MR) is 72.8 cm³/mol. The van der Waals surface area contributed by atoms with E-state index >= 15 is 0 Å². The van der Waals surface area contributed by atoms with Gasteiger partial charge in [0, 0.05) is 5.56 Å². The van der Waals surface area contributed by atoms with Crippen LogP contribution >= 0.6 is 0 Å². The molecule has 0 radical (unpaired) electrons. The first-order chi connectivity index (χ1) is 9.98. The Hall–Kier alpha value is -2.19. The number of benzene rings is 1. The van der Waals surface area contributed by atoms with Crippen molar-refractivity contribution in [3.63, 3.8) is 0 Å². The molecule has 1 aromatic carbocycles. The Kier molecular flexibility index (Phi) is 3.26. The van der Waals surface area contributed by atoms with Gasteiger partial charge in [0.2, 0.25) is 0 Å². The Morgan fingerprint density at radius 3 is 2.43 bits per heavy atom. The second-order valence-electron chi connectivity index (χ2n) is 4.70. The predicted octanol–water partition coefficient (Wildman–Crippen LogP) is 0.947. The van der Waals surface area contributed by atoms with E-state index in [-0.39, 0.29) is 23.8 Å². The summed E-state index contributed by atoms with van der Waals surface area (Å²) in [6.07, 6.45) is 0. The van der Waals surface area contributed by atoms with Crippen molar-refractivity contribution in [2.75, 3.05) is 13.2 Å². The first kappa shape index (κ1) is 13.8. The molecule has 110 valence electrons. The van der Waals surface area contributed by atoms with Gasteiger partial charge in [-0.3, -0.25) is 5.10 Å². The van der Waals surface area contributed by atoms with Gasteiger partial charge in [-0.05, 0) is 18.2 Å². The quantitative estimate of drug-likeness (QED) is 0.870. The number of hydrogen-bond acceptors (Lipinski definition) is 5. The summed E-state index contributed by atoms with van der Waals surface area (Å²) < 4.78 is 29.3. The molecule has 0 saturated carbocycles. The highest BCUT2D eigenvalue weighted by molar-refractivity contribution is 7.92. The van der Waals surface area contributed by atoms with Crippen molar-refractivity contribution in [3.8, 4) is 11.3 Å². The number of aromatic amines is 1. The fourth-order valence-corrected chi connectivity index (χ4v) is 3.43. The Labute approximate surface area is 120 Å². The molecule has 1 fully saturated rings. The largest absolute Gasteiger partial charge is 0.477 e. The minimum Gasteiger partial charge on any atom is -0.477 e. The lowest BCUT2D eigenvalue weighted by molar-refractivity contribution is 0.0416. The van der Waals surface area contributed by atoms with E-state index in [1.807, 2.05) is 0 Å². The van der Waals surface area contributed by atoms with Crippen LogP contribution in [-0.4, -0.2) is 48.2 Å². The second kappa shape index (κ2) is 4.97. The number of rotatable bonds is 4. The average molecular weight is 308 g/mol. The third-order valence-corrected chi connectivity index (χ3v) is 5.41. The van der Waals surface area contributed by atoms with Gasteiger partial charge in [0.15, 0.2) is 9.84 Å². The number of carboxylic acid groups (broad SMARTS) is 1. The molecule has 1 saturated heterocycles. The molecule has 0 unspecified atom stereocenters. The van der Waals surface area contributed by atoms with Gasteiger partial charge in [0.1, 0.15) is 10.9 Å². The number of nitrogens with one attached hydrogen (secondary N) is 1. The van der Waals surface area contributed by atoms with Crippen molar-refractivity contribution in [3.05, 3.63) is 36.0 Å². The van der Waals surface area contributed by atoms with E-state index in [2.05, 4.69) is 10.2 Å². The molecule has 8 heteroatoms. The van der Waals surface area contributed by atoms with Crippen molar-refractivity contribution in [2.24, 2.45) is 0 Å². The van der Waals surface area contributed by atoms with Crippen LogP contribution in [0.25, 0.3) is 11.3 Å². The van der Waals surface area contributed by atoms with E-state index in [1.165, 1.54) is 18.2 Å². The number of hydrogen-bond donors (Lipinski definition) is 2. The minimum absolute atomic E-state index is 0.0201. The van der Waals surface area contributed by atoms with Crippen molar-refractivity contribution >= 4 is 15.8 Å². The molecule has 1 aromatic heterocycles. The Balaban J connectivity index is 1.88. The van der Waals surface area contributed by atoms with Gasteiger partial charge in [-0.2, -0.15) is 5.10 Å². The maximum atomic E-state index is 12.2. The molecule has 0 amide bonds. The summed E-state index contributed by atoms with van der Waals surface area (Å²) in [5, 5.41) is 14.6. The van der Waals surface area contributed by atoms with E-state index in [4.69, 9.17) is 9.84 Å². The zero-order chi connectivity index (χ0) is 15.0. The summed E-state index contributed by atoms with van der Waals surface area (Å²) >= 11 is 0. The second-order valence-corrected chi connectivity index (χ2v) is 6.93. The van der Waals surface area contributed by atoms with Gasteiger partial charge in [0.25, 0.3) is 0 Å². The number of carboxylic acids is 1. The van der Waals surface area contributed by atoms with E-state index in [0.717, 1.165) is 0 Å². The van der Waals surface area contributed by atoms with Gasteiger partial charge in [-0.25, -0.2) is 13.2 Å². The molecule has 3 rings (SSSR count). The van der Waals surface area contributed by atoms with E-state index in [0.29, 0.717) is 11.3 Å². The molecule has 0 atom stereocenters. The molecular formula is C13H12N2O5S. The van der Waals surface area contributed by atoms with E-state index in [9.17, 15) is 13.2 Å². The number of ether oxygens (including phenoxy) is 1. The van der Waals surface area contributed by atoms with Crippen LogP contribution in [0.1, 0.15) is 10.5 Å². The number of aromatic nitrogens is 2. The third kappa shape index (κ3) is 2.43. The fourth-order valence-electron chi connectivity index (χ4n) is 1.98. The van der Waals surface area contributed by atoms with Crippen LogP contribution in [0.2, 0.25) is 0 Å². The molecule has 7 nitrogen and oxygen atoms in total. The molecule has 2 aromatic rings. The molecular weight excluding hydrogens is 296 g/mol. The molecule has 2 N–H and O–H groups in total. The number of nitrogens with zero attached hydrogens (tertiary/aromatic N) is 1. The molecule has 0 bridgehead atoms. The van der Waals surface area contributed by atoms with Crippen LogP contribution in [0, 0.1) is 0 Å². The molecule has 1 aliphatic rings. The normalized spacial score (nSPS) is 15.6. The Morgan fingerprint density at radius 1 is 1.29 bits per heavy atom. The summed E-state index contributed by atoms with van der Waals surface area (Å²) in [6.45, 7) is 0.455. The Morgan fingerprint density at radius 2 is 1.95 bits per heavy atom. The monoisotopic (exact) mass is 308 g/mol. The fraction of sp³-hybridized carbons (Fsp3) is 0.231. The van der Waals surface area contributed by atoms with Crippen molar-refractivity contribution in [2.45, 2.75) is 10.1 Å². The summed E-state index contributed by atoms with van der Waals surface area (Å²) in [7, 11) is -3.36. The Bertz CT molecular complexity index is 775. The maximum Gasteiger partial charge on any atom is 0.353 e. The van der Waals surface area contributed by atoms with Gasteiger partial charge < -0.3 is 9.84 Å². The average Bonchev–Trinajstić information content (AvgIpc) is 2.86. The van der Waals surface area contributed by atoms with E-state index < -0.39 is 21.1 Å². The van der Waals surface area contributed by atoms with Crippen LogP contribution in [-0.2, 0) is 14.6 Å². The van der Waals surface area contributed by atoms with Gasteiger partial charge >= 0.3 is 5.97 Å². The van der Waals surface area contributed by atoms with Crippen LogP contribution in [0.15, 0.2) is 35.2 Å². The lowest BCUT2D eigenvalue weighted by atomic mass is 10.1. The first-order valence-electron chi connectivity index (χ1n) is 6.19. The highest BCUT2D eigenvalue weighted by Crippen LogP contribution is 2.24. The molecule has 0 spiro atoms. The molecule has 21 heavy (non-hydrogen) atoms. The van der Waals surface area contributed by atoms with Crippen molar-refractivity contribution < 1.29 is 23.1 Å².